The monoisotopic (exact) mass is 378 g/mol. The van der Waals surface area contributed by atoms with Crippen molar-refractivity contribution in [3.63, 3.8) is 0 Å². The molecular formula is C22H22N2O4. The molecule has 1 aromatic heterocycles. The first kappa shape index (κ1) is 17.2. The Bertz CT molecular complexity index is 953. The Morgan fingerprint density at radius 3 is 2.75 bits per heavy atom. The second-order valence-electron chi connectivity index (χ2n) is 8.04. The van der Waals surface area contributed by atoms with E-state index < -0.39 is 11.9 Å². The third kappa shape index (κ3) is 3.03. The molecule has 1 aliphatic carbocycles. The number of aliphatic carboxylic acids is 1. The molecule has 0 bridgehead atoms. The van der Waals surface area contributed by atoms with Gasteiger partial charge in [0.2, 0.25) is 0 Å². The number of nitrogens with zero attached hydrogens (tertiary/aromatic N) is 2. The predicted octanol–water partition coefficient (Wildman–Crippen LogP) is 2.87. The van der Waals surface area contributed by atoms with Crippen LogP contribution in [0, 0.1) is 17.8 Å². The van der Waals surface area contributed by atoms with Gasteiger partial charge in [-0.15, -0.1) is 0 Å². The highest BCUT2D eigenvalue weighted by Crippen LogP contribution is 2.44. The van der Waals surface area contributed by atoms with Crippen molar-refractivity contribution < 1.29 is 19.4 Å². The van der Waals surface area contributed by atoms with E-state index in [9.17, 15) is 14.7 Å². The summed E-state index contributed by atoms with van der Waals surface area (Å²) >= 11 is 0. The van der Waals surface area contributed by atoms with Gasteiger partial charge in [0.1, 0.15) is 5.75 Å². The number of carbonyl (C=O) groups is 2. The summed E-state index contributed by atoms with van der Waals surface area (Å²) in [6.45, 7) is 1.52. The zero-order valence-electron chi connectivity index (χ0n) is 15.5. The molecule has 2 aromatic rings. The molecule has 1 saturated carbocycles. The van der Waals surface area contributed by atoms with Gasteiger partial charge in [0.05, 0.1) is 18.1 Å². The van der Waals surface area contributed by atoms with Gasteiger partial charge in [0, 0.05) is 37.5 Å². The van der Waals surface area contributed by atoms with Gasteiger partial charge >= 0.3 is 5.97 Å². The third-order valence-corrected chi connectivity index (χ3v) is 6.21. The van der Waals surface area contributed by atoms with Crippen LogP contribution in [0.1, 0.15) is 28.8 Å². The number of amides is 1. The van der Waals surface area contributed by atoms with Crippen LogP contribution in [0.5, 0.6) is 5.75 Å². The Kier molecular flexibility index (Phi) is 4.07. The van der Waals surface area contributed by atoms with Crippen molar-refractivity contribution in [2.24, 2.45) is 17.8 Å². The topological polar surface area (TPSA) is 79.7 Å². The van der Waals surface area contributed by atoms with Crippen LogP contribution in [0.3, 0.4) is 0 Å². The molecule has 6 heteroatoms. The lowest BCUT2D eigenvalue weighted by atomic mass is 9.92. The fourth-order valence-electron chi connectivity index (χ4n) is 4.52. The van der Waals surface area contributed by atoms with Gasteiger partial charge in [-0.1, -0.05) is 6.07 Å². The molecule has 28 heavy (non-hydrogen) atoms. The minimum Gasteiger partial charge on any atom is -0.493 e. The number of hydrogen-bond acceptors (Lipinski definition) is 4. The highest BCUT2D eigenvalue weighted by Gasteiger charge is 2.46. The summed E-state index contributed by atoms with van der Waals surface area (Å²) in [5.41, 5.74) is 3.57. The van der Waals surface area contributed by atoms with E-state index in [2.05, 4.69) is 11.1 Å². The van der Waals surface area contributed by atoms with E-state index in [0.29, 0.717) is 24.6 Å². The minimum atomic E-state index is -0.792. The van der Waals surface area contributed by atoms with Crippen molar-refractivity contribution >= 4 is 11.9 Å². The SMILES string of the molecule is O=C(O)[C@H]1CN(C(=O)c2cncc(-c3ccc4c(c3)CCO4)c2)C[C@@H]1C1CC1. The van der Waals surface area contributed by atoms with Gasteiger partial charge in [-0.05, 0) is 54.0 Å². The number of carbonyl (C=O) groups excluding carboxylic acids is 1. The molecule has 1 saturated heterocycles. The number of pyridine rings is 1. The molecule has 6 nitrogen and oxygen atoms in total. The van der Waals surface area contributed by atoms with Gasteiger partial charge in [-0.3, -0.25) is 14.6 Å². The average Bonchev–Trinajstić information content (AvgIpc) is 3.28. The molecule has 0 unspecified atom stereocenters. The first-order chi connectivity index (χ1) is 13.6. The van der Waals surface area contributed by atoms with Crippen LogP contribution < -0.4 is 4.74 Å². The zero-order valence-corrected chi connectivity index (χ0v) is 15.5. The lowest BCUT2D eigenvalue weighted by Gasteiger charge is -2.16. The molecule has 1 amide bonds. The van der Waals surface area contributed by atoms with E-state index >= 15 is 0 Å². The van der Waals surface area contributed by atoms with Crippen LogP contribution in [0.2, 0.25) is 0 Å². The molecule has 144 valence electrons. The highest BCUT2D eigenvalue weighted by atomic mass is 16.5. The van der Waals surface area contributed by atoms with E-state index in [-0.39, 0.29) is 18.4 Å². The summed E-state index contributed by atoms with van der Waals surface area (Å²) in [6, 6.07) is 7.89. The smallest absolute Gasteiger partial charge is 0.308 e. The zero-order chi connectivity index (χ0) is 19.3. The molecule has 1 aromatic carbocycles. The predicted molar refractivity (Wildman–Crippen MR) is 102 cm³/mol. The number of hydrogen-bond donors (Lipinski definition) is 1. The van der Waals surface area contributed by atoms with E-state index in [4.69, 9.17) is 4.74 Å². The normalized spacial score (nSPS) is 23.4. The first-order valence-corrected chi connectivity index (χ1v) is 9.83. The van der Waals surface area contributed by atoms with Gasteiger partial charge in [0.15, 0.2) is 0 Å². The summed E-state index contributed by atoms with van der Waals surface area (Å²) in [6.07, 6.45) is 6.38. The number of rotatable bonds is 4. The van der Waals surface area contributed by atoms with Crippen molar-refractivity contribution in [2.45, 2.75) is 19.3 Å². The van der Waals surface area contributed by atoms with Gasteiger partial charge in [-0.2, -0.15) is 0 Å². The Morgan fingerprint density at radius 2 is 1.96 bits per heavy atom. The second-order valence-corrected chi connectivity index (χ2v) is 8.04. The standard InChI is InChI=1S/C22H22N2O4/c25-21(24-11-18(13-1-2-13)19(12-24)22(26)27)17-8-16(9-23-10-17)14-3-4-20-15(7-14)5-6-28-20/h3-4,7-10,13,18-19H,1-2,5-6,11-12H2,(H,26,27)/t18-,19+/m1/s1. The number of fused-ring (bicyclic) bond motifs is 1. The molecule has 1 N–H and O–H groups in total. The van der Waals surface area contributed by atoms with E-state index in [1.807, 2.05) is 18.2 Å². The molecular weight excluding hydrogens is 356 g/mol. The van der Waals surface area contributed by atoms with Crippen LogP contribution >= 0.6 is 0 Å². The third-order valence-electron chi connectivity index (χ3n) is 6.21. The van der Waals surface area contributed by atoms with Crippen molar-refractivity contribution in [2.75, 3.05) is 19.7 Å². The summed E-state index contributed by atoms with van der Waals surface area (Å²) in [5, 5.41) is 9.54. The maximum atomic E-state index is 13.0. The Labute approximate surface area is 163 Å². The summed E-state index contributed by atoms with van der Waals surface area (Å²) in [4.78, 5) is 30.6. The summed E-state index contributed by atoms with van der Waals surface area (Å²) in [7, 11) is 0. The second kappa shape index (κ2) is 6.62. The maximum Gasteiger partial charge on any atom is 0.308 e. The lowest BCUT2D eigenvalue weighted by Crippen LogP contribution is -2.30. The minimum absolute atomic E-state index is 0.0781. The van der Waals surface area contributed by atoms with Crippen molar-refractivity contribution in [3.05, 3.63) is 47.8 Å². The summed E-state index contributed by atoms with van der Waals surface area (Å²) in [5.74, 6) is 0.0788. The first-order valence-electron chi connectivity index (χ1n) is 9.83. The van der Waals surface area contributed by atoms with Crippen molar-refractivity contribution in [3.8, 4) is 16.9 Å². The lowest BCUT2D eigenvalue weighted by molar-refractivity contribution is -0.142. The van der Waals surface area contributed by atoms with Crippen LogP contribution in [-0.4, -0.2) is 46.6 Å². The molecule has 2 aliphatic heterocycles. The average molecular weight is 378 g/mol. The summed E-state index contributed by atoms with van der Waals surface area (Å²) < 4.78 is 5.56. The Hall–Kier alpha value is -2.89. The Balaban J connectivity index is 1.39. The molecule has 2 fully saturated rings. The molecule has 0 spiro atoms. The fraction of sp³-hybridized carbons (Fsp3) is 0.409. The number of ether oxygens (including phenoxy) is 1. The molecule has 3 heterocycles. The molecule has 3 aliphatic rings. The molecule has 0 radical (unpaired) electrons. The number of benzene rings is 1. The van der Waals surface area contributed by atoms with E-state index in [1.54, 1.807) is 17.3 Å². The van der Waals surface area contributed by atoms with E-state index in [0.717, 1.165) is 36.1 Å². The fourth-order valence-corrected chi connectivity index (χ4v) is 4.52. The number of aromatic nitrogens is 1. The van der Waals surface area contributed by atoms with E-state index in [1.165, 1.54) is 5.56 Å². The van der Waals surface area contributed by atoms with Crippen LogP contribution in [0.25, 0.3) is 11.1 Å². The van der Waals surface area contributed by atoms with Gasteiger partial charge < -0.3 is 14.7 Å². The van der Waals surface area contributed by atoms with Crippen molar-refractivity contribution in [1.82, 2.24) is 9.88 Å². The van der Waals surface area contributed by atoms with Gasteiger partial charge in [-0.25, -0.2) is 0 Å². The number of carboxylic acid groups (broad SMARTS) is 1. The number of likely N-dealkylation sites (tertiary alicyclic amines) is 1. The number of carboxylic acids is 1. The molecule has 5 rings (SSSR count). The van der Waals surface area contributed by atoms with Crippen LogP contribution in [0.15, 0.2) is 36.7 Å². The maximum absolute atomic E-state index is 13.0. The molecule has 2 atom stereocenters. The largest absolute Gasteiger partial charge is 0.493 e. The highest BCUT2D eigenvalue weighted by molar-refractivity contribution is 5.95. The van der Waals surface area contributed by atoms with Crippen molar-refractivity contribution in [1.29, 1.82) is 0 Å². The quantitative estimate of drug-likeness (QED) is 0.885. The van der Waals surface area contributed by atoms with Gasteiger partial charge in [0.25, 0.3) is 5.91 Å². The van der Waals surface area contributed by atoms with Crippen LogP contribution in [0.4, 0.5) is 0 Å². The Morgan fingerprint density at radius 1 is 1.11 bits per heavy atom. The van der Waals surface area contributed by atoms with Crippen LogP contribution in [-0.2, 0) is 11.2 Å².